The maximum absolute atomic E-state index is 13.8. The van der Waals surface area contributed by atoms with E-state index >= 15 is 0 Å². The topological polar surface area (TPSA) is 46.2 Å². The van der Waals surface area contributed by atoms with Crippen LogP contribution in [0, 0.1) is 15.2 Å². The highest BCUT2D eigenvalue weighted by Gasteiger charge is 2.19. The van der Waals surface area contributed by atoms with Crippen molar-refractivity contribution in [2.45, 2.75) is 4.90 Å². The summed E-state index contributed by atoms with van der Waals surface area (Å²) < 4.78 is 53.1. The zero-order chi connectivity index (χ0) is 15.8. The van der Waals surface area contributed by atoms with Crippen molar-refractivity contribution in [2.75, 3.05) is 4.72 Å². The minimum atomic E-state index is -4.10. The van der Waals surface area contributed by atoms with E-state index in [4.69, 9.17) is 23.2 Å². The van der Waals surface area contributed by atoms with Crippen LogP contribution in [0.15, 0.2) is 35.2 Å². The Balaban J connectivity index is 2.45. The highest BCUT2D eigenvalue weighted by molar-refractivity contribution is 14.1. The minimum Gasteiger partial charge on any atom is -0.277 e. The Bertz CT molecular complexity index is 795. The third-order valence-electron chi connectivity index (χ3n) is 2.43. The largest absolute Gasteiger partial charge is 0.277 e. The van der Waals surface area contributed by atoms with Gasteiger partial charge in [-0.15, -0.1) is 0 Å². The average Bonchev–Trinajstić information content (AvgIpc) is 2.38. The van der Waals surface area contributed by atoms with E-state index in [1.165, 1.54) is 40.8 Å². The molecule has 21 heavy (non-hydrogen) atoms. The van der Waals surface area contributed by atoms with Gasteiger partial charge in [-0.25, -0.2) is 17.2 Å². The monoisotopic (exact) mass is 463 g/mol. The van der Waals surface area contributed by atoms with Gasteiger partial charge in [-0.3, -0.25) is 4.72 Å². The molecule has 9 heteroatoms. The molecule has 0 spiro atoms. The van der Waals surface area contributed by atoms with E-state index < -0.39 is 21.7 Å². The zero-order valence-corrected chi connectivity index (χ0v) is 14.5. The summed E-state index contributed by atoms with van der Waals surface area (Å²) in [7, 11) is -4.10. The Kier molecular flexibility index (Phi) is 4.96. The first-order valence-corrected chi connectivity index (χ1v) is 8.65. The van der Waals surface area contributed by atoms with Crippen molar-refractivity contribution in [1.82, 2.24) is 0 Å². The third-order valence-corrected chi connectivity index (χ3v) is 5.20. The summed E-state index contributed by atoms with van der Waals surface area (Å²) in [6.07, 6.45) is 0. The zero-order valence-electron chi connectivity index (χ0n) is 10.0. The van der Waals surface area contributed by atoms with E-state index in [0.717, 1.165) is 12.1 Å². The first kappa shape index (κ1) is 16.7. The molecule has 0 atom stereocenters. The van der Waals surface area contributed by atoms with Gasteiger partial charge in [-0.1, -0.05) is 23.2 Å². The SMILES string of the molecule is O=S(=O)(Nc1ccc(F)c(I)c1F)c1cc(Cl)cc(Cl)c1. The predicted molar refractivity (Wildman–Crippen MR) is 86.3 cm³/mol. The summed E-state index contributed by atoms with van der Waals surface area (Å²) in [5.74, 6) is -1.77. The van der Waals surface area contributed by atoms with Gasteiger partial charge in [0.2, 0.25) is 0 Å². The highest BCUT2D eigenvalue weighted by Crippen LogP contribution is 2.27. The molecular weight excluding hydrogens is 458 g/mol. The second kappa shape index (κ2) is 6.23. The van der Waals surface area contributed by atoms with Crippen molar-refractivity contribution in [1.29, 1.82) is 0 Å². The molecule has 0 saturated heterocycles. The standard InChI is InChI=1S/C12H6Cl2F2INO2S/c13-6-3-7(14)5-8(4-6)21(19,20)18-10-2-1-9(15)12(17)11(10)16/h1-5,18H. The number of hydrogen-bond donors (Lipinski definition) is 1. The normalized spacial score (nSPS) is 11.5. The average molecular weight is 464 g/mol. The van der Waals surface area contributed by atoms with Crippen LogP contribution in [0.2, 0.25) is 10.0 Å². The molecule has 0 fully saturated rings. The molecule has 1 N–H and O–H groups in total. The molecule has 0 aliphatic rings. The molecule has 2 rings (SSSR count). The summed E-state index contributed by atoms with van der Waals surface area (Å²) in [6.45, 7) is 0. The van der Waals surface area contributed by atoms with Crippen LogP contribution in [0.25, 0.3) is 0 Å². The summed E-state index contributed by atoms with van der Waals surface area (Å²) in [5.41, 5.74) is -0.364. The number of rotatable bonds is 3. The first-order chi connectivity index (χ1) is 9.70. The fraction of sp³-hybridized carbons (Fsp3) is 0. The number of sulfonamides is 1. The van der Waals surface area contributed by atoms with Crippen molar-refractivity contribution in [3.63, 3.8) is 0 Å². The maximum atomic E-state index is 13.8. The molecule has 3 nitrogen and oxygen atoms in total. The number of nitrogens with one attached hydrogen (secondary N) is 1. The summed E-state index contributed by atoms with van der Waals surface area (Å²) in [5, 5.41) is 0.245. The molecule has 0 saturated carbocycles. The van der Waals surface area contributed by atoms with Gasteiger partial charge >= 0.3 is 0 Å². The second-order valence-electron chi connectivity index (χ2n) is 3.93. The van der Waals surface area contributed by atoms with E-state index in [0.29, 0.717) is 0 Å². The van der Waals surface area contributed by atoms with Crippen molar-refractivity contribution < 1.29 is 17.2 Å². The Morgan fingerprint density at radius 2 is 1.62 bits per heavy atom. The van der Waals surface area contributed by atoms with Crippen LogP contribution < -0.4 is 4.72 Å². The molecule has 0 heterocycles. The molecule has 0 aromatic heterocycles. The molecule has 0 radical (unpaired) electrons. The Labute approximate surface area is 143 Å². The van der Waals surface area contributed by atoms with Crippen molar-refractivity contribution in [2.24, 2.45) is 0 Å². The van der Waals surface area contributed by atoms with Gasteiger partial charge in [0.15, 0.2) is 5.82 Å². The van der Waals surface area contributed by atoms with Gasteiger partial charge in [-0.05, 0) is 52.9 Å². The second-order valence-corrected chi connectivity index (χ2v) is 7.57. The van der Waals surface area contributed by atoms with Crippen LogP contribution in [-0.2, 0) is 10.0 Å². The minimum absolute atomic E-state index is 0.122. The summed E-state index contributed by atoms with van der Waals surface area (Å²) in [6, 6.07) is 5.66. The van der Waals surface area contributed by atoms with Crippen LogP contribution >= 0.6 is 45.8 Å². The lowest BCUT2D eigenvalue weighted by atomic mass is 10.3. The number of hydrogen-bond acceptors (Lipinski definition) is 2. The molecule has 112 valence electrons. The quantitative estimate of drug-likeness (QED) is 0.530. The van der Waals surface area contributed by atoms with Gasteiger partial charge in [0.05, 0.1) is 14.2 Å². The van der Waals surface area contributed by atoms with Crippen molar-refractivity contribution >= 4 is 61.5 Å². The lowest BCUT2D eigenvalue weighted by molar-refractivity contribution is 0.571. The summed E-state index contributed by atoms with van der Waals surface area (Å²) >= 11 is 12.9. The highest BCUT2D eigenvalue weighted by atomic mass is 127. The fourth-order valence-electron chi connectivity index (χ4n) is 1.49. The number of benzene rings is 2. The lowest BCUT2D eigenvalue weighted by Gasteiger charge is -2.10. The maximum Gasteiger partial charge on any atom is 0.262 e. The molecular formula is C12H6Cl2F2INO2S. The van der Waals surface area contributed by atoms with Crippen LogP contribution in [0.1, 0.15) is 0 Å². The molecule has 2 aromatic carbocycles. The van der Waals surface area contributed by atoms with Crippen LogP contribution in [0.3, 0.4) is 0 Å². The molecule has 2 aromatic rings. The molecule has 0 amide bonds. The predicted octanol–water partition coefficient (Wildman–Crippen LogP) is 4.68. The van der Waals surface area contributed by atoms with Crippen molar-refractivity contribution in [3.05, 3.63) is 55.6 Å². The van der Waals surface area contributed by atoms with E-state index in [9.17, 15) is 17.2 Å². The van der Waals surface area contributed by atoms with Gasteiger partial charge in [-0.2, -0.15) is 0 Å². The van der Waals surface area contributed by atoms with Crippen LogP contribution in [-0.4, -0.2) is 8.42 Å². The Morgan fingerprint density at radius 3 is 2.19 bits per heavy atom. The lowest BCUT2D eigenvalue weighted by Crippen LogP contribution is -2.14. The molecule has 0 bridgehead atoms. The molecule has 0 unspecified atom stereocenters. The first-order valence-electron chi connectivity index (χ1n) is 5.33. The molecule has 0 aliphatic carbocycles. The summed E-state index contributed by atoms with van der Waals surface area (Å²) in [4.78, 5) is -0.223. The van der Waals surface area contributed by atoms with Crippen LogP contribution in [0.4, 0.5) is 14.5 Å². The number of anilines is 1. The Hall–Kier alpha value is -0.640. The number of halogens is 5. The van der Waals surface area contributed by atoms with Crippen molar-refractivity contribution in [3.8, 4) is 0 Å². The van der Waals surface area contributed by atoms with E-state index in [1.54, 1.807) is 0 Å². The van der Waals surface area contributed by atoms with Gasteiger partial charge in [0.1, 0.15) is 5.82 Å². The van der Waals surface area contributed by atoms with Gasteiger partial charge in [0.25, 0.3) is 10.0 Å². The third kappa shape index (κ3) is 3.77. The smallest absolute Gasteiger partial charge is 0.262 e. The van der Waals surface area contributed by atoms with Crippen LogP contribution in [0.5, 0.6) is 0 Å². The van der Waals surface area contributed by atoms with Gasteiger partial charge in [0, 0.05) is 10.0 Å². The van der Waals surface area contributed by atoms with E-state index in [2.05, 4.69) is 0 Å². The Morgan fingerprint density at radius 1 is 1.05 bits per heavy atom. The fourth-order valence-corrected chi connectivity index (χ4v) is 3.75. The van der Waals surface area contributed by atoms with E-state index in [-0.39, 0.29) is 24.2 Å². The molecule has 0 aliphatic heterocycles. The van der Waals surface area contributed by atoms with Gasteiger partial charge < -0.3 is 0 Å². The van der Waals surface area contributed by atoms with E-state index in [1.807, 2.05) is 4.72 Å².